The summed E-state index contributed by atoms with van der Waals surface area (Å²) in [5.41, 5.74) is 1.33. The van der Waals surface area contributed by atoms with E-state index < -0.39 is 41.8 Å². The molecule has 0 spiro atoms. The van der Waals surface area contributed by atoms with Crippen molar-refractivity contribution in [1.29, 1.82) is 0 Å². The van der Waals surface area contributed by atoms with Gasteiger partial charge in [0.15, 0.2) is 11.5 Å². The van der Waals surface area contributed by atoms with Gasteiger partial charge in [-0.15, -0.1) is 0 Å². The number of carbonyl (C=O) groups excluding carboxylic acids is 3. The molecule has 4 saturated carbocycles. The first kappa shape index (κ1) is 29.1. The van der Waals surface area contributed by atoms with Crippen LogP contribution in [0.2, 0.25) is 0 Å². The first-order valence-corrected chi connectivity index (χ1v) is 15.3. The summed E-state index contributed by atoms with van der Waals surface area (Å²) in [6.45, 7) is 1.53. The van der Waals surface area contributed by atoms with Gasteiger partial charge in [0.25, 0.3) is 5.91 Å². The topological polar surface area (TPSA) is 146 Å². The van der Waals surface area contributed by atoms with E-state index in [1.54, 1.807) is 25.1 Å². The smallest absolute Gasteiger partial charge is 0.290 e. The lowest BCUT2D eigenvalue weighted by Crippen LogP contribution is -2.60. The number of Topliss-reactive ketones (excluding diaryl/α,β-unsaturated/α-hetero) is 1. The molecular weight excluding hydrogens is 540 g/mol. The van der Waals surface area contributed by atoms with Gasteiger partial charge in [0.2, 0.25) is 11.7 Å². The van der Waals surface area contributed by atoms with Crippen LogP contribution in [-0.2, 0) is 21.0 Å². The van der Waals surface area contributed by atoms with Crippen LogP contribution >= 0.6 is 0 Å². The standard InChI is InChI=1S/C32H42N2O8/c1-3-24(37)31(40)34(16-32-12-17-6-18(13-32)8-19(7-17)14-32)23-11-22(30(39)33-4-5-35)26-21-9-20(15-36)10-25(41-2)28(21)42-29(26)27(23)38/h9-11,17-19,23,26-27,29,35-36,38H,3-8,12-16H2,1-2H3,(H,33,39)/t17?,18?,19?,23-,26+,27+,29+,32?/m1/s1. The number of carbonyl (C=O) groups is 3. The van der Waals surface area contributed by atoms with Crippen LogP contribution in [0.3, 0.4) is 0 Å². The molecule has 42 heavy (non-hydrogen) atoms. The molecule has 4 N–H and O–H groups in total. The van der Waals surface area contributed by atoms with Crippen molar-refractivity contribution in [3.05, 3.63) is 34.9 Å². The number of aliphatic hydroxyl groups excluding tert-OH is 3. The summed E-state index contributed by atoms with van der Waals surface area (Å²) in [6, 6.07) is 2.43. The van der Waals surface area contributed by atoms with E-state index in [0.717, 1.165) is 19.3 Å². The molecule has 4 fully saturated rings. The van der Waals surface area contributed by atoms with E-state index in [1.165, 1.54) is 31.3 Å². The monoisotopic (exact) mass is 582 g/mol. The molecule has 4 bridgehead atoms. The predicted molar refractivity (Wildman–Crippen MR) is 152 cm³/mol. The molecule has 0 radical (unpaired) electrons. The zero-order valence-electron chi connectivity index (χ0n) is 24.4. The number of fused-ring (bicyclic) bond motifs is 3. The third kappa shape index (κ3) is 4.91. The summed E-state index contributed by atoms with van der Waals surface area (Å²) in [6.07, 6.45) is 6.22. The van der Waals surface area contributed by atoms with E-state index in [4.69, 9.17) is 9.47 Å². The van der Waals surface area contributed by atoms with E-state index in [-0.39, 0.29) is 37.2 Å². The van der Waals surface area contributed by atoms with Crippen LogP contribution in [0.15, 0.2) is 23.8 Å². The first-order chi connectivity index (χ1) is 20.2. The van der Waals surface area contributed by atoms with Crippen molar-refractivity contribution in [3.8, 4) is 11.5 Å². The van der Waals surface area contributed by atoms with Gasteiger partial charge >= 0.3 is 0 Å². The van der Waals surface area contributed by atoms with Crippen LogP contribution in [0, 0.1) is 23.2 Å². The SMILES string of the molecule is CCC(=O)C(=O)N(CC12CC3CC(CC(C3)C1)C2)[C@@H]1C=C(C(=O)NCCO)[C@@H]2c3cc(CO)cc(OC)c3O[C@@H]2[C@H]1O. The summed E-state index contributed by atoms with van der Waals surface area (Å²) in [5, 5.41) is 33.9. The molecule has 1 aromatic rings. The molecule has 7 rings (SSSR count). The number of methoxy groups -OCH3 is 1. The molecule has 1 aliphatic heterocycles. The number of aliphatic hydroxyl groups is 3. The number of nitrogens with one attached hydrogen (secondary N) is 1. The van der Waals surface area contributed by atoms with E-state index in [1.807, 2.05) is 0 Å². The lowest BCUT2D eigenvalue weighted by molar-refractivity contribution is -0.153. The number of ether oxygens (including phenoxy) is 2. The van der Waals surface area contributed by atoms with Crippen molar-refractivity contribution in [2.24, 2.45) is 23.2 Å². The number of ketones is 1. The third-order valence-corrected chi connectivity index (χ3v) is 10.3. The second-order valence-electron chi connectivity index (χ2n) is 13.1. The summed E-state index contributed by atoms with van der Waals surface area (Å²) in [7, 11) is 1.48. The highest BCUT2D eigenvalue weighted by Gasteiger charge is 2.55. The van der Waals surface area contributed by atoms with Crippen LogP contribution in [0.4, 0.5) is 0 Å². The summed E-state index contributed by atoms with van der Waals surface area (Å²) in [4.78, 5) is 41.8. The molecule has 6 aliphatic rings. The molecule has 4 atom stereocenters. The van der Waals surface area contributed by atoms with Gasteiger partial charge in [-0.25, -0.2) is 0 Å². The van der Waals surface area contributed by atoms with Crippen LogP contribution in [-0.4, -0.2) is 82.9 Å². The number of amides is 2. The highest BCUT2D eigenvalue weighted by Crippen LogP contribution is 2.60. The van der Waals surface area contributed by atoms with Crippen molar-refractivity contribution in [1.82, 2.24) is 10.2 Å². The predicted octanol–water partition coefficient (Wildman–Crippen LogP) is 1.83. The summed E-state index contributed by atoms with van der Waals surface area (Å²) < 4.78 is 11.9. The van der Waals surface area contributed by atoms with Crippen LogP contribution in [0.5, 0.6) is 11.5 Å². The van der Waals surface area contributed by atoms with Crippen molar-refractivity contribution < 1.29 is 39.2 Å². The van der Waals surface area contributed by atoms with E-state index in [2.05, 4.69) is 5.32 Å². The maximum absolute atomic E-state index is 13.8. The largest absolute Gasteiger partial charge is 0.493 e. The Bertz CT molecular complexity index is 1260. The van der Waals surface area contributed by atoms with Gasteiger partial charge in [0, 0.05) is 30.6 Å². The second kappa shape index (κ2) is 11.3. The quantitative estimate of drug-likeness (QED) is 0.306. The molecule has 10 nitrogen and oxygen atoms in total. The Morgan fingerprint density at radius 1 is 1.10 bits per heavy atom. The summed E-state index contributed by atoms with van der Waals surface area (Å²) >= 11 is 0. The Morgan fingerprint density at radius 2 is 1.76 bits per heavy atom. The fraction of sp³-hybridized carbons (Fsp3) is 0.656. The molecule has 228 valence electrons. The molecule has 1 aromatic carbocycles. The van der Waals surface area contributed by atoms with E-state index >= 15 is 0 Å². The lowest BCUT2D eigenvalue weighted by Gasteiger charge is -2.58. The van der Waals surface area contributed by atoms with Crippen molar-refractivity contribution >= 4 is 17.6 Å². The Balaban J connectivity index is 1.42. The van der Waals surface area contributed by atoms with Gasteiger partial charge in [-0.2, -0.15) is 0 Å². The van der Waals surface area contributed by atoms with Gasteiger partial charge in [0.05, 0.1) is 32.3 Å². The van der Waals surface area contributed by atoms with Gasteiger partial charge in [0.1, 0.15) is 12.2 Å². The van der Waals surface area contributed by atoms with E-state index in [0.29, 0.717) is 46.9 Å². The number of rotatable bonds is 10. The Morgan fingerprint density at radius 3 is 2.33 bits per heavy atom. The number of nitrogens with zero attached hydrogens (tertiary/aromatic N) is 1. The molecular formula is C32H42N2O8. The van der Waals surface area contributed by atoms with Gasteiger partial charge in [-0.3, -0.25) is 14.4 Å². The zero-order chi connectivity index (χ0) is 29.8. The second-order valence-corrected chi connectivity index (χ2v) is 13.1. The highest BCUT2D eigenvalue weighted by atomic mass is 16.5. The number of benzene rings is 1. The molecule has 2 amide bonds. The molecule has 10 heteroatoms. The number of hydrogen-bond donors (Lipinski definition) is 4. The Labute approximate surface area is 246 Å². The maximum atomic E-state index is 13.8. The highest BCUT2D eigenvalue weighted by molar-refractivity contribution is 6.36. The zero-order valence-corrected chi connectivity index (χ0v) is 24.4. The van der Waals surface area contributed by atoms with Crippen LogP contribution < -0.4 is 14.8 Å². The average Bonchev–Trinajstić information content (AvgIpc) is 3.37. The molecule has 1 heterocycles. The first-order valence-electron chi connectivity index (χ1n) is 15.3. The molecule has 0 saturated heterocycles. The molecule has 0 unspecified atom stereocenters. The minimum absolute atomic E-state index is 0.0265. The number of hydrogen-bond acceptors (Lipinski definition) is 8. The van der Waals surface area contributed by atoms with Crippen molar-refractivity contribution in [2.45, 2.75) is 82.6 Å². The molecule has 0 aromatic heterocycles. The van der Waals surface area contributed by atoms with Gasteiger partial charge in [-0.1, -0.05) is 6.92 Å². The Kier molecular flexibility index (Phi) is 7.82. The minimum Gasteiger partial charge on any atom is -0.493 e. The lowest BCUT2D eigenvalue weighted by atomic mass is 9.49. The Hall–Kier alpha value is -2.95. The maximum Gasteiger partial charge on any atom is 0.290 e. The third-order valence-electron chi connectivity index (χ3n) is 10.3. The van der Waals surface area contributed by atoms with Crippen molar-refractivity contribution in [3.63, 3.8) is 0 Å². The van der Waals surface area contributed by atoms with E-state index in [9.17, 15) is 29.7 Å². The van der Waals surface area contributed by atoms with Crippen LogP contribution in [0.25, 0.3) is 0 Å². The molecule has 5 aliphatic carbocycles. The van der Waals surface area contributed by atoms with Gasteiger partial charge in [-0.05, 0) is 85.5 Å². The summed E-state index contributed by atoms with van der Waals surface area (Å²) in [5.74, 6) is 0.303. The van der Waals surface area contributed by atoms with Crippen LogP contribution in [0.1, 0.15) is 68.9 Å². The fourth-order valence-electron chi connectivity index (χ4n) is 9.09. The minimum atomic E-state index is -1.23. The normalized spacial score (nSPS) is 33.7. The van der Waals surface area contributed by atoms with Crippen molar-refractivity contribution in [2.75, 3.05) is 26.8 Å². The van der Waals surface area contributed by atoms with Gasteiger partial charge < -0.3 is 35.0 Å². The fourth-order valence-corrected chi connectivity index (χ4v) is 9.09. The average molecular weight is 583 g/mol.